The quantitative estimate of drug-likeness (QED) is 0.831. The zero-order chi connectivity index (χ0) is 12.5. The summed E-state index contributed by atoms with van der Waals surface area (Å²) in [5.74, 6) is 0. The first kappa shape index (κ1) is 13.7. The molecular formula is C13H15ClN4O. The van der Waals surface area contributed by atoms with Gasteiger partial charge in [0, 0.05) is 6.04 Å². The fourth-order valence-electron chi connectivity index (χ4n) is 2.68. The van der Waals surface area contributed by atoms with E-state index in [-0.39, 0.29) is 24.1 Å². The van der Waals surface area contributed by atoms with Crippen molar-refractivity contribution in [3.8, 4) is 6.07 Å². The number of piperidine rings is 1. The predicted molar refractivity (Wildman–Crippen MR) is 75.7 cm³/mol. The molecule has 0 amide bonds. The van der Waals surface area contributed by atoms with Gasteiger partial charge in [-0.2, -0.15) is 5.26 Å². The summed E-state index contributed by atoms with van der Waals surface area (Å²) >= 11 is 0. The lowest BCUT2D eigenvalue weighted by Gasteiger charge is -2.24. The summed E-state index contributed by atoms with van der Waals surface area (Å²) in [4.78, 5) is 14.9. The molecule has 6 heteroatoms. The van der Waals surface area contributed by atoms with E-state index in [4.69, 9.17) is 0 Å². The second-order valence-corrected chi connectivity index (χ2v) is 4.59. The molecule has 2 heterocycles. The molecule has 1 aromatic heterocycles. The monoisotopic (exact) mass is 278 g/mol. The Labute approximate surface area is 116 Å². The van der Waals surface area contributed by atoms with E-state index in [1.165, 1.54) is 0 Å². The van der Waals surface area contributed by atoms with Crippen molar-refractivity contribution in [2.45, 2.75) is 18.9 Å². The van der Waals surface area contributed by atoms with E-state index in [0.29, 0.717) is 5.56 Å². The van der Waals surface area contributed by atoms with Crippen molar-refractivity contribution in [2.24, 2.45) is 0 Å². The molecule has 100 valence electrons. The first-order chi connectivity index (χ1) is 8.81. The molecule has 2 N–H and O–H groups in total. The van der Waals surface area contributed by atoms with Gasteiger partial charge < -0.3 is 10.3 Å². The van der Waals surface area contributed by atoms with Crippen LogP contribution in [-0.4, -0.2) is 22.6 Å². The molecule has 1 aromatic carbocycles. The van der Waals surface area contributed by atoms with E-state index in [2.05, 4.69) is 16.4 Å². The molecule has 0 atom stereocenters. The Morgan fingerprint density at radius 3 is 2.74 bits per heavy atom. The van der Waals surface area contributed by atoms with E-state index < -0.39 is 0 Å². The van der Waals surface area contributed by atoms with Gasteiger partial charge in [0.2, 0.25) is 0 Å². The number of benzene rings is 1. The van der Waals surface area contributed by atoms with Crippen LogP contribution in [-0.2, 0) is 0 Å². The number of aromatic nitrogens is 2. The smallest absolute Gasteiger partial charge is 0.317 e. The molecule has 0 bridgehead atoms. The second kappa shape index (κ2) is 5.47. The first-order valence-corrected chi connectivity index (χ1v) is 6.15. The van der Waals surface area contributed by atoms with Crippen molar-refractivity contribution in [2.75, 3.05) is 13.1 Å². The number of nitriles is 1. The van der Waals surface area contributed by atoms with Crippen LogP contribution in [0.25, 0.3) is 11.0 Å². The van der Waals surface area contributed by atoms with Gasteiger partial charge in [-0.3, -0.25) is 4.57 Å². The summed E-state index contributed by atoms with van der Waals surface area (Å²) in [6, 6.07) is 7.74. The topological polar surface area (TPSA) is 73.6 Å². The van der Waals surface area contributed by atoms with Crippen LogP contribution in [0.2, 0.25) is 0 Å². The number of para-hydroxylation sites is 1. The van der Waals surface area contributed by atoms with E-state index in [0.717, 1.165) is 37.0 Å². The molecule has 1 fully saturated rings. The lowest BCUT2D eigenvalue weighted by atomic mass is 10.1. The van der Waals surface area contributed by atoms with Crippen LogP contribution >= 0.6 is 12.4 Å². The van der Waals surface area contributed by atoms with Crippen LogP contribution in [0.4, 0.5) is 0 Å². The number of imidazole rings is 1. The highest BCUT2D eigenvalue weighted by Crippen LogP contribution is 2.23. The number of hydrogen-bond donors (Lipinski definition) is 2. The summed E-state index contributed by atoms with van der Waals surface area (Å²) in [5, 5.41) is 12.5. The van der Waals surface area contributed by atoms with Gasteiger partial charge in [0.1, 0.15) is 6.07 Å². The van der Waals surface area contributed by atoms with Crippen molar-refractivity contribution >= 4 is 23.4 Å². The standard InChI is InChI=1S/C13H14N4O.ClH/c14-8-9-2-1-3-11-12(9)17(13(18)16-11)10-4-6-15-7-5-10;/h1-3,10,15H,4-7H2,(H,16,18);1H. The van der Waals surface area contributed by atoms with E-state index in [1.54, 1.807) is 16.7 Å². The first-order valence-electron chi connectivity index (χ1n) is 6.15. The number of H-pyrrole nitrogens is 1. The highest BCUT2D eigenvalue weighted by molar-refractivity contribution is 5.85. The van der Waals surface area contributed by atoms with Gasteiger partial charge >= 0.3 is 5.69 Å². The third-order valence-corrected chi connectivity index (χ3v) is 3.53. The number of nitrogens with one attached hydrogen (secondary N) is 2. The highest BCUT2D eigenvalue weighted by atomic mass is 35.5. The minimum absolute atomic E-state index is 0. The Bertz CT molecular complexity index is 676. The summed E-state index contributed by atoms with van der Waals surface area (Å²) in [6.45, 7) is 1.83. The Balaban J connectivity index is 0.00000133. The van der Waals surface area contributed by atoms with Crippen LogP contribution in [0, 0.1) is 11.3 Å². The lowest BCUT2D eigenvalue weighted by molar-refractivity contribution is 0.368. The van der Waals surface area contributed by atoms with Crippen molar-refractivity contribution in [3.63, 3.8) is 0 Å². The number of fused-ring (bicyclic) bond motifs is 1. The van der Waals surface area contributed by atoms with Gasteiger partial charge in [-0.25, -0.2) is 4.79 Å². The van der Waals surface area contributed by atoms with Gasteiger partial charge in [0.15, 0.2) is 0 Å². The maximum absolute atomic E-state index is 12.1. The number of hydrogen-bond acceptors (Lipinski definition) is 3. The molecule has 5 nitrogen and oxygen atoms in total. The SMILES string of the molecule is Cl.N#Cc1cccc2[nH]c(=O)n(C3CCNCC3)c12. The number of aromatic amines is 1. The number of halogens is 1. The minimum atomic E-state index is -0.111. The molecule has 0 saturated carbocycles. The molecule has 1 aliphatic rings. The van der Waals surface area contributed by atoms with Crippen molar-refractivity contribution in [1.29, 1.82) is 5.26 Å². The predicted octanol–water partition coefficient (Wildman–Crippen LogP) is 1.55. The summed E-state index contributed by atoms with van der Waals surface area (Å²) in [7, 11) is 0. The molecule has 1 aliphatic heterocycles. The highest BCUT2D eigenvalue weighted by Gasteiger charge is 2.20. The van der Waals surface area contributed by atoms with E-state index in [9.17, 15) is 10.1 Å². The lowest BCUT2D eigenvalue weighted by Crippen LogP contribution is -2.33. The Morgan fingerprint density at radius 1 is 1.32 bits per heavy atom. The van der Waals surface area contributed by atoms with Crippen LogP contribution in [0.3, 0.4) is 0 Å². The largest absolute Gasteiger partial charge is 0.326 e. The van der Waals surface area contributed by atoms with Crippen LogP contribution in [0.15, 0.2) is 23.0 Å². The summed E-state index contributed by atoms with van der Waals surface area (Å²) in [6.07, 6.45) is 1.85. The molecule has 1 saturated heterocycles. The fraction of sp³-hybridized carbons (Fsp3) is 0.385. The van der Waals surface area contributed by atoms with Gasteiger partial charge in [0.25, 0.3) is 0 Å². The van der Waals surface area contributed by atoms with Crippen LogP contribution in [0.5, 0.6) is 0 Å². The number of nitrogens with zero attached hydrogens (tertiary/aromatic N) is 2. The average molecular weight is 279 g/mol. The maximum Gasteiger partial charge on any atom is 0.326 e. The Hall–Kier alpha value is -1.77. The van der Waals surface area contributed by atoms with Crippen molar-refractivity contribution < 1.29 is 0 Å². The zero-order valence-corrected chi connectivity index (χ0v) is 11.2. The van der Waals surface area contributed by atoms with Gasteiger partial charge in [-0.05, 0) is 38.1 Å². The molecule has 2 aromatic rings. The van der Waals surface area contributed by atoms with E-state index >= 15 is 0 Å². The molecular weight excluding hydrogens is 264 g/mol. The Kier molecular flexibility index (Phi) is 3.93. The average Bonchev–Trinajstić information content (AvgIpc) is 2.75. The summed E-state index contributed by atoms with van der Waals surface area (Å²) < 4.78 is 1.76. The Morgan fingerprint density at radius 2 is 2.05 bits per heavy atom. The van der Waals surface area contributed by atoms with Crippen molar-refractivity contribution in [1.82, 2.24) is 14.9 Å². The second-order valence-electron chi connectivity index (χ2n) is 4.59. The normalized spacial score (nSPS) is 15.9. The third kappa shape index (κ3) is 2.25. The molecule has 0 unspecified atom stereocenters. The molecule has 3 rings (SSSR count). The fourth-order valence-corrected chi connectivity index (χ4v) is 2.68. The van der Waals surface area contributed by atoms with Crippen LogP contribution in [0.1, 0.15) is 24.4 Å². The van der Waals surface area contributed by atoms with E-state index in [1.807, 2.05) is 6.07 Å². The summed E-state index contributed by atoms with van der Waals surface area (Å²) in [5.41, 5.74) is 1.94. The minimum Gasteiger partial charge on any atom is -0.317 e. The maximum atomic E-state index is 12.1. The number of rotatable bonds is 1. The third-order valence-electron chi connectivity index (χ3n) is 3.53. The van der Waals surface area contributed by atoms with Crippen molar-refractivity contribution in [3.05, 3.63) is 34.2 Å². The van der Waals surface area contributed by atoms with Crippen LogP contribution < -0.4 is 11.0 Å². The van der Waals surface area contributed by atoms with Gasteiger partial charge in [-0.1, -0.05) is 6.07 Å². The molecule has 0 radical (unpaired) electrons. The van der Waals surface area contributed by atoms with Gasteiger partial charge in [-0.15, -0.1) is 12.4 Å². The zero-order valence-electron chi connectivity index (χ0n) is 10.3. The molecule has 0 spiro atoms. The molecule has 0 aliphatic carbocycles. The molecule has 19 heavy (non-hydrogen) atoms. The van der Waals surface area contributed by atoms with Gasteiger partial charge in [0.05, 0.1) is 16.6 Å².